The van der Waals surface area contributed by atoms with Gasteiger partial charge in [-0.25, -0.2) is 0 Å². The van der Waals surface area contributed by atoms with E-state index in [1.54, 1.807) is 0 Å². The number of para-hydroxylation sites is 1. The van der Waals surface area contributed by atoms with Crippen molar-refractivity contribution in [3.8, 4) is 5.75 Å². The zero-order valence-electron chi connectivity index (χ0n) is 16.9. The molecule has 29 heavy (non-hydrogen) atoms. The van der Waals surface area contributed by atoms with E-state index in [9.17, 15) is 5.11 Å². The average molecular weight is 482 g/mol. The Kier molecular flexibility index (Phi) is 10.7. The molecule has 3 rings (SSSR count). The van der Waals surface area contributed by atoms with Gasteiger partial charge < -0.3 is 10.0 Å². The molecule has 0 aliphatic heterocycles. The summed E-state index contributed by atoms with van der Waals surface area (Å²) in [5.74, 6) is 0.439. The number of benzene rings is 3. The van der Waals surface area contributed by atoms with Crippen LogP contribution in [0.15, 0.2) is 66.7 Å². The van der Waals surface area contributed by atoms with Crippen LogP contribution < -0.4 is 10.6 Å². The molecule has 3 aromatic carbocycles. The van der Waals surface area contributed by atoms with Crippen molar-refractivity contribution < 1.29 is 22.1 Å². The Hall–Kier alpha value is -0.856. The molecule has 6 heteroatoms. The first-order valence-electron chi connectivity index (χ1n) is 9.27. The molecule has 1 N–H and O–H groups in total. The van der Waals surface area contributed by atoms with Crippen LogP contribution >= 0.6 is 27.2 Å². The van der Waals surface area contributed by atoms with Crippen molar-refractivity contribution in [1.82, 2.24) is 4.90 Å². The molecule has 0 amide bonds. The van der Waals surface area contributed by atoms with Gasteiger partial charge in [-0.15, -0.1) is 0 Å². The van der Waals surface area contributed by atoms with Gasteiger partial charge in [-0.3, -0.25) is 0 Å². The number of nitrogens with zero attached hydrogens (tertiary/aromatic N) is 1. The van der Waals surface area contributed by atoms with E-state index in [4.69, 9.17) is 18.6 Å². The molecule has 0 radical (unpaired) electrons. The minimum atomic E-state index is -0.556. The second kappa shape index (κ2) is 12.8. The summed E-state index contributed by atoms with van der Waals surface area (Å²) in [4.78, 5) is 2.19. The first-order valence-corrected chi connectivity index (χ1v) is 14.6. The maximum atomic E-state index is 10.9. The fourth-order valence-corrected chi connectivity index (χ4v) is 4.50. The summed E-state index contributed by atoms with van der Waals surface area (Å²) in [6.45, 7) is 3.07. The molecule has 0 saturated carbocycles. The van der Waals surface area contributed by atoms with E-state index in [0.29, 0.717) is 14.3 Å². The minimum absolute atomic E-state index is 0.439. The zero-order chi connectivity index (χ0) is 21.2. The molecule has 3 aromatic rings. The van der Waals surface area contributed by atoms with Gasteiger partial charge in [0.15, 0.2) is 0 Å². The molecular weight excluding hydrogens is 456 g/mol. The first-order chi connectivity index (χ1) is 14.0. The molecule has 0 spiro atoms. The molecule has 0 bridgehead atoms. The molecule has 1 atom stereocenters. The SMILES string of the molecule is Cc1cccc(CN(C)C)c1Pc1cccc(Cc2ccccc2)c1O.[Cl][Ti][Cl]. The summed E-state index contributed by atoms with van der Waals surface area (Å²) >= 11 is -0.556. The van der Waals surface area contributed by atoms with Crippen LogP contribution in [-0.2, 0) is 30.0 Å². The Morgan fingerprint density at radius 1 is 0.897 bits per heavy atom. The molecule has 0 heterocycles. The topological polar surface area (TPSA) is 23.5 Å². The third-order valence-electron chi connectivity index (χ3n) is 4.46. The van der Waals surface area contributed by atoms with Gasteiger partial charge in [-0.1, -0.05) is 75.3 Å². The van der Waals surface area contributed by atoms with Crippen molar-refractivity contribution >= 4 is 37.8 Å². The van der Waals surface area contributed by atoms with Crippen LogP contribution in [0.5, 0.6) is 5.75 Å². The third-order valence-corrected chi connectivity index (χ3v) is 6.10. The van der Waals surface area contributed by atoms with Gasteiger partial charge in [0.1, 0.15) is 5.75 Å². The predicted octanol–water partition coefficient (Wildman–Crippen LogP) is 5.36. The number of hydrogen-bond donors (Lipinski definition) is 1. The number of phenolic OH excluding ortho intramolecular Hbond substituents is 1. The monoisotopic (exact) mass is 481 g/mol. The Labute approximate surface area is 192 Å². The van der Waals surface area contributed by atoms with Crippen LogP contribution in [0.1, 0.15) is 22.3 Å². The van der Waals surface area contributed by atoms with Crippen LogP contribution in [0.25, 0.3) is 0 Å². The number of aromatic hydroxyl groups is 1. The summed E-state index contributed by atoms with van der Waals surface area (Å²) in [5, 5.41) is 13.2. The van der Waals surface area contributed by atoms with Crippen molar-refractivity contribution in [3.63, 3.8) is 0 Å². The molecule has 0 aromatic heterocycles. The van der Waals surface area contributed by atoms with Gasteiger partial charge in [-0.2, -0.15) is 0 Å². The van der Waals surface area contributed by atoms with E-state index in [2.05, 4.69) is 62.3 Å². The number of halogens is 2. The van der Waals surface area contributed by atoms with Gasteiger partial charge in [0.2, 0.25) is 0 Å². The molecule has 2 nitrogen and oxygen atoms in total. The summed E-state index contributed by atoms with van der Waals surface area (Å²) in [6, 6.07) is 22.9. The van der Waals surface area contributed by atoms with E-state index in [-0.39, 0.29) is 0 Å². The second-order valence-electron chi connectivity index (χ2n) is 7.02. The van der Waals surface area contributed by atoms with E-state index >= 15 is 0 Å². The standard InChI is InChI=1S/C23H26NOP.2ClH.Ti/c1-17-9-7-13-20(16-24(2)3)23(17)26-21-14-8-12-19(22(21)25)15-18-10-5-4-6-11-18;;;/h4-14,25-26H,15-16H2,1-3H3;2*1H;/q;;;+2/p-2. The molecule has 152 valence electrons. The summed E-state index contributed by atoms with van der Waals surface area (Å²) in [7, 11) is 14.4. The molecule has 0 fully saturated rings. The number of phenols is 1. The predicted molar refractivity (Wildman–Crippen MR) is 125 cm³/mol. The van der Waals surface area contributed by atoms with Crippen LogP contribution in [0.2, 0.25) is 0 Å². The van der Waals surface area contributed by atoms with Crippen LogP contribution in [0.3, 0.4) is 0 Å². The average Bonchev–Trinajstić information content (AvgIpc) is 2.68. The van der Waals surface area contributed by atoms with Gasteiger partial charge in [0.05, 0.1) is 0 Å². The summed E-state index contributed by atoms with van der Waals surface area (Å²) < 4.78 is 0. The fourth-order valence-electron chi connectivity index (χ4n) is 3.17. The normalized spacial score (nSPS) is 10.8. The number of hydrogen-bond acceptors (Lipinski definition) is 2. The quantitative estimate of drug-likeness (QED) is 0.378. The van der Waals surface area contributed by atoms with Gasteiger partial charge >= 0.3 is 35.6 Å². The van der Waals surface area contributed by atoms with E-state index < -0.39 is 17.0 Å². The molecule has 0 aliphatic carbocycles. The van der Waals surface area contributed by atoms with Crippen molar-refractivity contribution in [3.05, 3.63) is 89.0 Å². The van der Waals surface area contributed by atoms with Crippen LogP contribution in [0, 0.1) is 6.92 Å². The van der Waals surface area contributed by atoms with Crippen molar-refractivity contribution in [2.45, 2.75) is 19.9 Å². The Balaban J connectivity index is 0.000000941. The van der Waals surface area contributed by atoms with Gasteiger partial charge in [0, 0.05) is 18.3 Å². The molecule has 0 aliphatic rings. The zero-order valence-corrected chi connectivity index (χ0v) is 21.0. The Morgan fingerprint density at radius 2 is 1.52 bits per heavy atom. The van der Waals surface area contributed by atoms with Crippen LogP contribution in [-0.4, -0.2) is 24.1 Å². The molecule has 0 saturated heterocycles. The van der Waals surface area contributed by atoms with Crippen LogP contribution in [0.4, 0.5) is 0 Å². The van der Waals surface area contributed by atoms with Crippen molar-refractivity contribution in [2.24, 2.45) is 0 Å². The fraction of sp³-hybridized carbons (Fsp3) is 0.217. The maximum absolute atomic E-state index is 10.9. The molecular formula is C23H26Cl2NOPTi. The Bertz CT molecular complexity index is 907. The third kappa shape index (κ3) is 7.72. The van der Waals surface area contributed by atoms with Gasteiger partial charge in [-0.05, 0) is 48.6 Å². The first kappa shape index (κ1) is 24.4. The molecule has 1 unspecified atom stereocenters. The summed E-state index contributed by atoms with van der Waals surface area (Å²) in [5.41, 5.74) is 4.83. The van der Waals surface area contributed by atoms with E-state index in [1.165, 1.54) is 22.0 Å². The van der Waals surface area contributed by atoms with E-state index in [0.717, 1.165) is 23.8 Å². The second-order valence-corrected chi connectivity index (χ2v) is 10.9. The summed E-state index contributed by atoms with van der Waals surface area (Å²) in [6.07, 6.45) is 0.753. The Morgan fingerprint density at radius 3 is 2.17 bits per heavy atom. The number of rotatable bonds is 6. The number of aryl methyl sites for hydroxylation is 1. The van der Waals surface area contributed by atoms with Crippen molar-refractivity contribution in [1.29, 1.82) is 0 Å². The van der Waals surface area contributed by atoms with Crippen molar-refractivity contribution in [2.75, 3.05) is 14.1 Å². The van der Waals surface area contributed by atoms with Gasteiger partial charge in [0.25, 0.3) is 0 Å². The van der Waals surface area contributed by atoms with E-state index in [1.807, 2.05) is 30.3 Å².